The minimum atomic E-state index is -4.57. The number of esters is 1. The Balaban J connectivity index is 1.26. The van der Waals surface area contributed by atoms with Crippen molar-refractivity contribution in [2.24, 2.45) is 5.73 Å². The Hall–Kier alpha value is -4.51. The molecule has 4 N–H and O–H groups in total. The van der Waals surface area contributed by atoms with E-state index in [9.17, 15) is 19.0 Å². The summed E-state index contributed by atoms with van der Waals surface area (Å²) in [5.74, 6) is 0.276. The number of carbonyl (C=O) groups excluding carboxylic acids is 1. The summed E-state index contributed by atoms with van der Waals surface area (Å²) in [6.45, 7) is -0.813. The predicted octanol–water partition coefficient (Wildman–Crippen LogP) is 5.78. The lowest BCUT2D eigenvalue weighted by Gasteiger charge is -2.15. The molecule has 0 bridgehead atoms. The summed E-state index contributed by atoms with van der Waals surface area (Å²) in [7, 11) is -4.57. The summed E-state index contributed by atoms with van der Waals surface area (Å²) in [6, 6.07) is 29.9. The lowest BCUT2D eigenvalue weighted by molar-refractivity contribution is -0.145. The Morgan fingerprint density at radius 1 is 0.756 bits per heavy atom. The summed E-state index contributed by atoms with van der Waals surface area (Å²) >= 11 is 0. The van der Waals surface area contributed by atoms with Gasteiger partial charge in [0.2, 0.25) is 0 Å². The van der Waals surface area contributed by atoms with Crippen LogP contribution in [0.4, 0.5) is 0 Å². The lowest BCUT2D eigenvalue weighted by Crippen LogP contribution is -2.34. The molecule has 0 aliphatic heterocycles. The van der Waals surface area contributed by atoms with Crippen molar-refractivity contribution in [3.63, 3.8) is 0 Å². The topological polar surface area (TPSA) is 164 Å². The minimum absolute atomic E-state index is 0.0849. The van der Waals surface area contributed by atoms with Crippen LogP contribution in [0.25, 0.3) is 0 Å². The molecule has 0 aromatic heterocycles. The summed E-state index contributed by atoms with van der Waals surface area (Å²) in [5.41, 5.74) is 8.11. The maximum atomic E-state index is 12.6. The molecule has 0 fully saturated rings. The highest BCUT2D eigenvalue weighted by molar-refractivity contribution is 7.47. The number of ether oxygens (including phenoxy) is 3. The smallest absolute Gasteiger partial charge is 0.472 e. The largest absolute Gasteiger partial charge is 0.489 e. The van der Waals surface area contributed by atoms with Gasteiger partial charge in [-0.2, -0.15) is 0 Å². The third-order valence-corrected chi connectivity index (χ3v) is 7.40. The minimum Gasteiger partial charge on any atom is -0.489 e. The fraction of sp³-hybridized carbons (Fsp3) is 0.212. The van der Waals surface area contributed by atoms with Crippen molar-refractivity contribution in [3.05, 3.63) is 125 Å². The van der Waals surface area contributed by atoms with Crippen LogP contribution >= 0.6 is 7.82 Å². The zero-order valence-corrected chi connectivity index (χ0v) is 25.2. The average molecular weight is 636 g/mol. The number of aliphatic carboxylic acids is 1. The Kier molecular flexibility index (Phi) is 12.3. The number of carboxylic acids is 1. The van der Waals surface area contributed by atoms with Crippen LogP contribution < -0.4 is 15.2 Å². The van der Waals surface area contributed by atoms with E-state index in [1.807, 2.05) is 78.9 Å². The number of carboxylic acid groups (broad SMARTS) is 1. The molecule has 0 aliphatic rings. The van der Waals surface area contributed by atoms with Gasteiger partial charge < -0.3 is 29.9 Å². The number of aryl methyl sites for hydroxylation is 1. The highest BCUT2D eigenvalue weighted by atomic mass is 31.2. The predicted molar refractivity (Wildman–Crippen MR) is 164 cm³/mol. The van der Waals surface area contributed by atoms with Crippen molar-refractivity contribution in [3.8, 4) is 17.2 Å². The van der Waals surface area contributed by atoms with E-state index in [-0.39, 0.29) is 19.6 Å². The fourth-order valence-electron chi connectivity index (χ4n) is 4.08. The van der Waals surface area contributed by atoms with Crippen LogP contribution in [0, 0.1) is 0 Å². The summed E-state index contributed by atoms with van der Waals surface area (Å²) < 4.78 is 39.2. The van der Waals surface area contributed by atoms with Crippen molar-refractivity contribution in [2.45, 2.75) is 38.7 Å². The van der Waals surface area contributed by atoms with Gasteiger partial charge in [-0.3, -0.25) is 18.6 Å². The van der Waals surface area contributed by atoms with Gasteiger partial charge in [0.1, 0.15) is 36.5 Å². The molecule has 0 heterocycles. The first-order valence-electron chi connectivity index (χ1n) is 14.0. The number of carbonyl (C=O) groups is 2. The van der Waals surface area contributed by atoms with Crippen LogP contribution in [0.3, 0.4) is 0 Å². The first-order valence-corrected chi connectivity index (χ1v) is 15.5. The molecule has 0 radical (unpaired) electrons. The summed E-state index contributed by atoms with van der Waals surface area (Å²) in [4.78, 5) is 33.3. The number of rotatable bonds is 17. The van der Waals surface area contributed by atoms with Gasteiger partial charge in [0.05, 0.1) is 13.2 Å². The second-order valence-corrected chi connectivity index (χ2v) is 11.3. The molecule has 11 nitrogen and oxygen atoms in total. The number of phosphoric acid groups is 1. The number of para-hydroxylation sites is 2. The van der Waals surface area contributed by atoms with E-state index in [0.29, 0.717) is 35.7 Å². The Morgan fingerprint density at radius 2 is 1.40 bits per heavy atom. The first-order chi connectivity index (χ1) is 21.7. The van der Waals surface area contributed by atoms with Crippen molar-refractivity contribution in [1.29, 1.82) is 0 Å². The molecule has 4 aromatic rings. The van der Waals surface area contributed by atoms with Crippen molar-refractivity contribution >= 4 is 19.8 Å². The molecule has 2 atom stereocenters. The van der Waals surface area contributed by atoms with Crippen LogP contribution in [-0.2, 0) is 54.2 Å². The van der Waals surface area contributed by atoms with E-state index in [2.05, 4.69) is 4.52 Å². The molecule has 45 heavy (non-hydrogen) atoms. The van der Waals surface area contributed by atoms with Crippen LogP contribution in [0.5, 0.6) is 17.2 Å². The van der Waals surface area contributed by atoms with E-state index in [1.54, 1.807) is 24.3 Å². The van der Waals surface area contributed by atoms with Crippen LogP contribution in [0.1, 0.15) is 28.7 Å². The Bertz CT molecular complexity index is 1610. The molecule has 0 spiro atoms. The van der Waals surface area contributed by atoms with Crippen molar-refractivity contribution in [2.75, 3.05) is 6.61 Å². The molecule has 0 amide bonds. The Labute approximate surface area is 260 Å². The second-order valence-electron chi connectivity index (χ2n) is 9.87. The number of hydrogen-bond donors (Lipinski definition) is 3. The molecule has 0 saturated heterocycles. The lowest BCUT2D eigenvalue weighted by atomic mass is 10.1. The van der Waals surface area contributed by atoms with E-state index >= 15 is 0 Å². The Morgan fingerprint density at radius 3 is 2.13 bits per heavy atom. The van der Waals surface area contributed by atoms with Crippen molar-refractivity contribution in [1.82, 2.24) is 0 Å². The molecule has 4 rings (SSSR count). The van der Waals surface area contributed by atoms with E-state index in [4.69, 9.17) is 29.6 Å². The van der Waals surface area contributed by atoms with E-state index < -0.39 is 32.4 Å². The normalized spacial score (nSPS) is 12.9. The van der Waals surface area contributed by atoms with Gasteiger partial charge in [-0.15, -0.1) is 0 Å². The highest BCUT2D eigenvalue weighted by Gasteiger charge is 2.25. The van der Waals surface area contributed by atoms with Gasteiger partial charge in [-0.05, 0) is 59.0 Å². The number of nitrogens with two attached hydrogens (primary N) is 1. The second kappa shape index (κ2) is 16.5. The zero-order valence-electron chi connectivity index (χ0n) is 24.3. The first kappa shape index (κ1) is 33.4. The average Bonchev–Trinajstić information content (AvgIpc) is 3.04. The zero-order chi connectivity index (χ0) is 32.1. The van der Waals surface area contributed by atoms with Gasteiger partial charge in [-0.25, -0.2) is 4.57 Å². The molecule has 0 saturated carbocycles. The number of phosphoric ester groups is 1. The monoisotopic (exact) mass is 635 g/mol. The third kappa shape index (κ3) is 11.2. The fourth-order valence-corrected chi connectivity index (χ4v) is 4.80. The molecule has 0 aliphatic carbocycles. The highest BCUT2D eigenvalue weighted by Crippen LogP contribution is 2.44. The summed E-state index contributed by atoms with van der Waals surface area (Å²) in [6.07, 6.45) is 0.489. The van der Waals surface area contributed by atoms with Crippen molar-refractivity contribution < 1.29 is 47.4 Å². The van der Waals surface area contributed by atoms with Gasteiger partial charge in [0, 0.05) is 6.42 Å². The molecule has 1 unspecified atom stereocenters. The number of benzene rings is 4. The molecular weight excluding hydrogens is 601 g/mol. The quantitative estimate of drug-likeness (QED) is 0.0952. The van der Waals surface area contributed by atoms with E-state index in [0.717, 1.165) is 16.9 Å². The number of hydrogen-bond acceptors (Lipinski definition) is 9. The molecule has 236 valence electrons. The summed E-state index contributed by atoms with van der Waals surface area (Å²) in [5, 5.41) is 8.79. The maximum absolute atomic E-state index is 12.6. The van der Waals surface area contributed by atoms with Gasteiger partial charge >= 0.3 is 19.8 Å². The SMILES string of the molecule is N[C@@H](COP(=O)(O)OCc1ccccc1COC(=O)CCc1ccccc1OCc1cccc(Oc2ccccc2)c1)C(=O)O. The maximum Gasteiger partial charge on any atom is 0.472 e. The van der Waals surface area contributed by atoms with Gasteiger partial charge in [-0.1, -0.05) is 72.8 Å². The van der Waals surface area contributed by atoms with Gasteiger partial charge in [0.15, 0.2) is 0 Å². The van der Waals surface area contributed by atoms with E-state index in [1.165, 1.54) is 0 Å². The molecular formula is C33H34NO10P. The van der Waals surface area contributed by atoms with Gasteiger partial charge in [0.25, 0.3) is 0 Å². The standard InChI is InChI=1S/C33H34NO10P/c34-30(33(36)37)23-43-45(38,39)42-22-27-12-5-4-11-26(27)21-41-32(35)18-17-25-10-6-7-16-31(25)40-20-24-9-8-15-29(19-24)44-28-13-2-1-3-14-28/h1-16,19,30H,17-18,20-23,34H2,(H,36,37)(H,38,39)/t30-/m0/s1. The van der Waals surface area contributed by atoms with Crippen LogP contribution in [-0.4, -0.2) is 34.6 Å². The van der Waals surface area contributed by atoms with Crippen LogP contribution in [0.2, 0.25) is 0 Å². The third-order valence-electron chi connectivity index (χ3n) is 6.47. The molecule has 12 heteroatoms. The van der Waals surface area contributed by atoms with Crippen LogP contribution in [0.15, 0.2) is 103 Å². The molecule has 4 aromatic carbocycles.